The third-order valence-electron chi connectivity index (χ3n) is 3.29. The number of nitriles is 1. The summed E-state index contributed by atoms with van der Waals surface area (Å²) in [4.78, 5) is 23.6. The molecule has 1 aliphatic heterocycles. The summed E-state index contributed by atoms with van der Waals surface area (Å²) >= 11 is 2.40. The Bertz CT molecular complexity index is 757. The number of ether oxygens (including phenoxy) is 3. The summed E-state index contributed by atoms with van der Waals surface area (Å²) in [6.07, 6.45) is 0. The van der Waals surface area contributed by atoms with E-state index < -0.39 is 17.3 Å². The van der Waals surface area contributed by atoms with Gasteiger partial charge in [0.15, 0.2) is 11.5 Å². The maximum atomic E-state index is 12.2. The van der Waals surface area contributed by atoms with E-state index in [1.54, 1.807) is 18.2 Å². The molecule has 2 rings (SSSR count). The number of methoxy groups -OCH3 is 3. The Morgan fingerprint density at radius 1 is 1.32 bits per heavy atom. The summed E-state index contributed by atoms with van der Waals surface area (Å²) in [7, 11) is 4.35. The molecule has 1 unspecified atom stereocenters. The molecule has 1 amide bonds. The predicted octanol–water partition coefficient (Wildman–Crippen LogP) is 2.21. The summed E-state index contributed by atoms with van der Waals surface area (Å²) in [5.74, 6) is 0.230. The van der Waals surface area contributed by atoms with Crippen LogP contribution in [0.2, 0.25) is 0 Å². The van der Waals surface area contributed by atoms with Crippen LogP contribution in [0.15, 0.2) is 28.0 Å². The first-order valence-corrected chi connectivity index (χ1v) is 8.94. The summed E-state index contributed by atoms with van der Waals surface area (Å²) in [6.45, 7) is 0. The quantitative estimate of drug-likeness (QED) is 0.750. The topological polar surface area (TPSA) is 97.7 Å². The zero-order chi connectivity index (χ0) is 18.4. The lowest BCUT2D eigenvalue weighted by Crippen LogP contribution is -2.31. The first kappa shape index (κ1) is 19.0. The molecule has 0 aromatic heterocycles. The largest absolute Gasteiger partial charge is 0.493 e. The smallest absolute Gasteiger partial charge is 0.316 e. The highest BCUT2D eigenvalue weighted by Gasteiger charge is 2.30. The van der Waals surface area contributed by atoms with E-state index in [1.807, 2.05) is 6.07 Å². The molecular weight excluding hydrogens is 364 g/mol. The van der Waals surface area contributed by atoms with Gasteiger partial charge in [-0.3, -0.25) is 9.59 Å². The number of hydrogen-bond donors (Lipinski definition) is 1. The molecule has 1 aromatic carbocycles. The number of carbonyl (C=O) groups is 2. The number of benzene rings is 1. The van der Waals surface area contributed by atoms with E-state index in [0.29, 0.717) is 15.7 Å². The van der Waals surface area contributed by atoms with Crippen LogP contribution < -0.4 is 14.8 Å². The fourth-order valence-corrected chi connectivity index (χ4v) is 4.34. The summed E-state index contributed by atoms with van der Waals surface area (Å²) in [5, 5.41) is 11.6. The zero-order valence-electron chi connectivity index (χ0n) is 13.8. The number of nitrogens with one attached hydrogen (secondary N) is 1. The molecular formula is C16H16N2O5S2. The summed E-state index contributed by atoms with van der Waals surface area (Å²) < 4.78 is 15.6. The SMILES string of the molecule is COC(=O)CSC1=C(C#N)C(=O)NC(c2ccc(OC)c(OC)c2)S1. The molecule has 1 N–H and O–H groups in total. The van der Waals surface area contributed by atoms with Crippen molar-refractivity contribution in [3.8, 4) is 17.6 Å². The van der Waals surface area contributed by atoms with Gasteiger partial charge in [0.25, 0.3) is 5.91 Å². The number of esters is 1. The molecule has 132 valence electrons. The van der Waals surface area contributed by atoms with E-state index in [-0.39, 0.29) is 11.3 Å². The first-order valence-electron chi connectivity index (χ1n) is 7.07. The molecule has 0 spiro atoms. The lowest BCUT2D eigenvalue weighted by molar-refractivity contribution is -0.137. The van der Waals surface area contributed by atoms with Gasteiger partial charge in [-0.15, -0.1) is 11.8 Å². The molecule has 1 atom stereocenters. The standard InChI is InChI=1S/C16H16N2O5S2/c1-21-11-5-4-9(6-12(11)22-2)15-18-14(20)10(7-17)16(25-15)24-8-13(19)23-3/h4-6,15H,8H2,1-3H3,(H,18,20). The van der Waals surface area contributed by atoms with Gasteiger partial charge in [0.05, 0.1) is 31.3 Å². The number of hydrogen-bond acceptors (Lipinski definition) is 8. The molecule has 0 bridgehead atoms. The van der Waals surface area contributed by atoms with Gasteiger partial charge in [0.1, 0.15) is 17.0 Å². The second-order valence-corrected chi connectivity index (χ2v) is 7.08. The van der Waals surface area contributed by atoms with Gasteiger partial charge in [-0.2, -0.15) is 5.26 Å². The van der Waals surface area contributed by atoms with Crippen molar-refractivity contribution in [1.82, 2.24) is 5.32 Å². The van der Waals surface area contributed by atoms with Gasteiger partial charge in [-0.05, 0) is 17.7 Å². The van der Waals surface area contributed by atoms with Gasteiger partial charge in [-0.25, -0.2) is 0 Å². The van der Waals surface area contributed by atoms with Crippen LogP contribution in [-0.4, -0.2) is 39.0 Å². The molecule has 0 fully saturated rings. The van der Waals surface area contributed by atoms with Crippen LogP contribution in [0.1, 0.15) is 10.9 Å². The van der Waals surface area contributed by atoms with Crippen molar-refractivity contribution in [1.29, 1.82) is 5.26 Å². The van der Waals surface area contributed by atoms with Crippen molar-refractivity contribution >= 4 is 35.4 Å². The molecule has 0 saturated carbocycles. The summed E-state index contributed by atoms with van der Waals surface area (Å²) in [5.41, 5.74) is 0.778. The van der Waals surface area contributed by atoms with Crippen molar-refractivity contribution in [2.75, 3.05) is 27.1 Å². The Kier molecular flexibility index (Phi) is 6.61. The number of nitrogens with zero attached hydrogens (tertiary/aromatic N) is 1. The monoisotopic (exact) mass is 380 g/mol. The molecule has 1 aliphatic rings. The summed E-state index contributed by atoms with van der Waals surface area (Å²) in [6, 6.07) is 7.19. The van der Waals surface area contributed by atoms with Gasteiger partial charge in [-0.1, -0.05) is 17.8 Å². The van der Waals surface area contributed by atoms with E-state index in [4.69, 9.17) is 9.47 Å². The molecule has 0 saturated heterocycles. The molecule has 1 heterocycles. The van der Waals surface area contributed by atoms with Crippen molar-refractivity contribution in [3.63, 3.8) is 0 Å². The fraction of sp³-hybridized carbons (Fsp3) is 0.312. The third-order valence-corrected chi connectivity index (χ3v) is 5.82. The van der Waals surface area contributed by atoms with Crippen molar-refractivity contribution in [3.05, 3.63) is 33.6 Å². The molecule has 0 radical (unpaired) electrons. The van der Waals surface area contributed by atoms with Gasteiger partial charge in [0.2, 0.25) is 0 Å². The third kappa shape index (κ3) is 4.41. The Hall–Kier alpha value is -2.31. The van der Waals surface area contributed by atoms with Crippen molar-refractivity contribution < 1.29 is 23.8 Å². The molecule has 0 aliphatic carbocycles. The second kappa shape index (κ2) is 8.69. The maximum absolute atomic E-state index is 12.2. The van der Waals surface area contributed by atoms with E-state index in [0.717, 1.165) is 17.3 Å². The maximum Gasteiger partial charge on any atom is 0.316 e. The average molecular weight is 380 g/mol. The van der Waals surface area contributed by atoms with E-state index in [2.05, 4.69) is 10.1 Å². The zero-order valence-corrected chi connectivity index (χ0v) is 15.5. The van der Waals surface area contributed by atoms with Gasteiger partial charge in [0, 0.05) is 0 Å². The Morgan fingerprint density at radius 3 is 2.64 bits per heavy atom. The van der Waals surface area contributed by atoms with E-state index in [1.165, 1.54) is 33.1 Å². The highest BCUT2D eigenvalue weighted by atomic mass is 32.2. The normalized spacial score (nSPS) is 16.7. The lowest BCUT2D eigenvalue weighted by atomic mass is 10.2. The molecule has 7 nitrogen and oxygen atoms in total. The Labute approximate surface area is 153 Å². The van der Waals surface area contributed by atoms with Crippen LogP contribution in [0.25, 0.3) is 0 Å². The van der Waals surface area contributed by atoms with Crippen LogP contribution in [0, 0.1) is 11.3 Å². The van der Waals surface area contributed by atoms with Crippen molar-refractivity contribution in [2.45, 2.75) is 5.37 Å². The second-order valence-electron chi connectivity index (χ2n) is 4.72. The fourth-order valence-electron chi connectivity index (χ4n) is 2.03. The minimum atomic E-state index is -0.478. The Morgan fingerprint density at radius 2 is 2.04 bits per heavy atom. The van der Waals surface area contributed by atoms with Crippen LogP contribution in [-0.2, 0) is 14.3 Å². The number of amides is 1. The van der Waals surface area contributed by atoms with Crippen LogP contribution in [0.3, 0.4) is 0 Å². The van der Waals surface area contributed by atoms with Gasteiger partial charge < -0.3 is 19.5 Å². The molecule has 9 heteroatoms. The minimum Gasteiger partial charge on any atom is -0.493 e. The molecule has 25 heavy (non-hydrogen) atoms. The lowest BCUT2D eigenvalue weighted by Gasteiger charge is -2.25. The number of thioether (sulfide) groups is 2. The highest BCUT2D eigenvalue weighted by Crippen LogP contribution is 2.44. The average Bonchev–Trinajstić information content (AvgIpc) is 2.64. The number of carbonyl (C=O) groups excluding carboxylic acids is 2. The molecule has 1 aromatic rings. The van der Waals surface area contributed by atoms with Crippen LogP contribution in [0.4, 0.5) is 0 Å². The minimum absolute atomic E-state index is 0.00405. The van der Waals surface area contributed by atoms with Gasteiger partial charge >= 0.3 is 5.97 Å². The Balaban J connectivity index is 2.28. The van der Waals surface area contributed by atoms with E-state index >= 15 is 0 Å². The number of rotatable bonds is 6. The van der Waals surface area contributed by atoms with Crippen LogP contribution >= 0.6 is 23.5 Å². The highest BCUT2D eigenvalue weighted by molar-refractivity contribution is 8.22. The van der Waals surface area contributed by atoms with Crippen molar-refractivity contribution in [2.24, 2.45) is 0 Å². The first-order chi connectivity index (χ1) is 12.0. The van der Waals surface area contributed by atoms with Crippen LogP contribution in [0.5, 0.6) is 11.5 Å². The predicted molar refractivity (Wildman–Crippen MR) is 95.1 cm³/mol. The van der Waals surface area contributed by atoms with E-state index in [9.17, 15) is 14.9 Å².